The molecule has 0 bridgehead atoms. The number of hydrogen-bond acceptors (Lipinski definition) is 2. The Morgan fingerprint density at radius 1 is 1.19 bits per heavy atom. The number of methoxy groups -OCH3 is 1. The Balaban J connectivity index is 0.00000220. The van der Waals surface area contributed by atoms with Crippen molar-refractivity contribution in [3.05, 3.63) is 29.3 Å². The van der Waals surface area contributed by atoms with Gasteiger partial charge in [0.15, 0.2) is 0 Å². The molecule has 0 aromatic heterocycles. The molecule has 120 valence electrons. The zero-order valence-electron chi connectivity index (χ0n) is 12.0. The fourth-order valence-electron chi connectivity index (χ4n) is 2.95. The van der Waals surface area contributed by atoms with Gasteiger partial charge in [-0.15, -0.1) is 12.4 Å². The van der Waals surface area contributed by atoms with Crippen LogP contribution in [0, 0.1) is 5.92 Å². The average molecular weight is 324 g/mol. The monoisotopic (exact) mass is 323 g/mol. The van der Waals surface area contributed by atoms with E-state index in [-0.39, 0.29) is 29.6 Å². The Labute approximate surface area is 129 Å². The third-order valence-electron chi connectivity index (χ3n) is 4.08. The van der Waals surface area contributed by atoms with Gasteiger partial charge in [0.25, 0.3) is 0 Å². The molecule has 0 unspecified atom stereocenters. The van der Waals surface area contributed by atoms with Crippen molar-refractivity contribution < 1.29 is 17.9 Å². The summed E-state index contributed by atoms with van der Waals surface area (Å²) in [5.74, 6) is 0.343. The Kier molecular flexibility index (Phi) is 6.35. The number of nitrogens with two attached hydrogens (primary N) is 1. The van der Waals surface area contributed by atoms with E-state index in [2.05, 4.69) is 0 Å². The zero-order chi connectivity index (χ0) is 14.8. The third kappa shape index (κ3) is 4.27. The van der Waals surface area contributed by atoms with Crippen molar-refractivity contribution in [2.75, 3.05) is 7.11 Å². The van der Waals surface area contributed by atoms with Crippen LogP contribution in [0.2, 0.25) is 0 Å². The molecule has 1 atom stereocenters. The number of hydrogen-bond donors (Lipinski definition) is 1. The highest BCUT2D eigenvalue weighted by molar-refractivity contribution is 5.85. The lowest BCUT2D eigenvalue weighted by molar-refractivity contribution is -0.138. The summed E-state index contributed by atoms with van der Waals surface area (Å²) in [6.45, 7) is 0. The van der Waals surface area contributed by atoms with E-state index in [1.54, 1.807) is 6.07 Å². The van der Waals surface area contributed by atoms with E-state index in [1.165, 1.54) is 13.2 Å². The maximum Gasteiger partial charge on any atom is 0.416 e. The van der Waals surface area contributed by atoms with Crippen molar-refractivity contribution in [2.24, 2.45) is 11.7 Å². The van der Waals surface area contributed by atoms with E-state index in [0.717, 1.165) is 38.2 Å². The summed E-state index contributed by atoms with van der Waals surface area (Å²) < 4.78 is 44.4. The summed E-state index contributed by atoms with van der Waals surface area (Å²) in [5.41, 5.74) is 5.63. The fraction of sp³-hybridized carbons (Fsp3) is 0.600. The molecule has 0 aliphatic heterocycles. The van der Waals surface area contributed by atoms with E-state index >= 15 is 0 Å². The van der Waals surface area contributed by atoms with Gasteiger partial charge in [0.2, 0.25) is 0 Å². The van der Waals surface area contributed by atoms with Crippen LogP contribution < -0.4 is 10.5 Å². The molecule has 2 rings (SSSR count). The summed E-state index contributed by atoms with van der Waals surface area (Å²) in [5, 5.41) is 0. The van der Waals surface area contributed by atoms with Gasteiger partial charge in [-0.05, 0) is 36.5 Å². The normalized spacial score (nSPS) is 18.0. The minimum absolute atomic E-state index is 0. The topological polar surface area (TPSA) is 35.2 Å². The molecule has 1 aliphatic carbocycles. The van der Waals surface area contributed by atoms with E-state index in [9.17, 15) is 13.2 Å². The standard InChI is InChI=1S/C15H20F3NO.ClH/c1-20-11-7-8-12(13(9-11)15(16,17)18)14(19)10-5-3-2-4-6-10;/h7-10,14H,2-6,19H2,1H3;1H/t14-;/m1./s1. The van der Waals surface area contributed by atoms with Crippen LogP contribution in [0.5, 0.6) is 5.75 Å². The lowest BCUT2D eigenvalue weighted by Gasteiger charge is -2.29. The van der Waals surface area contributed by atoms with Gasteiger partial charge in [-0.3, -0.25) is 0 Å². The van der Waals surface area contributed by atoms with Gasteiger partial charge in [0, 0.05) is 6.04 Å². The van der Waals surface area contributed by atoms with Gasteiger partial charge in [-0.25, -0.2) is 0 Å². The first-order valence-electron chi connectivity index (χ1n) is 6.94. The van der Waals surface area contributed by atoms with Crippen LogP contribution in [0.15, 0.2) is 18.2 Å². The smallest absolute Gasteiger partial charge is 0.416 e. The van der Waals surface area contributed by atoms with Crippen LogP contribution >= 0.6 is 12.4 Å². The Bertz CT molecular complexity index is 459. The maximum atomic E-state index is 13.2. The SMILES string of the molecule is COc1ccc([C@H](N)C2CCCCC2)c(C(F)(F)F)c1.Cl. The summed E-state index contributed by atoms with van der Waals surface area (Å²) in [7, 11) is 1.36. The molecular formula is C15H21ClF3NO. The number of rotatable bonds is 3. The van der Waals surface area contributed by atoms with Crippen LogP contribution in [-0.2, 0) is 6.18 Å². The van der Waals surface area contributed by atoms with Crippen LogP contribution in [-0.4, -0.2) is 7.11 Å². The second-order valence-electron chi connectivity index (χ2n) is 5.37. The molecule has 0 spiro atoms. The third-order valence-corrected chi connectivity index (χ3v) is 4.08. The quantitative estimate of drug-likeness (QED) is 0.873. The Morgan fingerprint density at radius 2 is 1.81 bits per heavy atom. The minimum atomic E-state index is -4.41. The lowest BCUT2D eigenvalue weighted by Crippen LogP contribution is -2.26. The minimum Gasteiger partial charge on any atom is -0.497 e. The predicted octanol–water partition coefficient (Wildman–Crippen LogP) is 4.72. The lowest BCUT2D eigenvalue weighted by atomic mass is 9.80. The van der Waals surface area contributed by atoms with Gasteiger partial charge in [0.05, 0.1) is 12.7 Å². The zero-order valence-corrected chi connectivity index (χ0v) is 12.8. The average Bonchev–Trinajstić information content (AvgIpc) is 2.46. The van der Waals surface area contributed by atoms with E-state index < -0.39 is 17.8 Å². The van der Waals surface area contributed by atoms with E-state index in [0.29, 0.717) is 0 Å². The summed E-state index contributed by atoms with van der Waals surface area (Å²) in [6.07, 6.45) is 0.662. The molecular weight excluding hydrogens is 303 g/mol. The van der Waals surface area contributed by atoms with Gasteiger partial charge in [-0.2, -0.15) is 13.2 Å². The number of halogens is 4. The van der Waals surface area contributed by atoms with Gasteiger partial charge >= 0.3 is 6.18 Å². The Hall–Kier alpha value is -0.940. The second-order valence-corrected chi connectivity index (χ2v) is 5.37. The molecule has 1 aliphatic rings. The summed E-state index contributed by atoms with van der Waals surface area (Å²) in [6, 6.07) is 3.49. The summed E-state index contributed by atoms with van der Waals surface area (Å²) in [4.78, 5) is 0. The molecule has 6 heteroatoms. The van der Waals surface area contributed by atoms with Crippen molar-refractivity contribution in [1.29, 1.82) is 0 Å². The number of ether oxygens (including phenoxy) is 1. The van der Waals surface area contributed by atoms with Crippen LogP contribution in [0.4, 0.5) is 13.2 Å². The van der Waals surface area contributed by atoms with Crippen molar-refractivity contribution in [2.45, 2.75) is 44.3 Å². The first-order valence-corrected chi connectivity index (χ1v) is 6.94. The van der Waals surface area contributed by atoms with Crippen LogP contribution in [0.25, 0.3) is 0 Å². The summed E-state index contributed by atoms with van der Waals surface area (Å²) >= 11 is 0. The highest BCUT2D eigenvalue weighted by Gasteiger charge is 2.36. The first-order chi connectivity index (χ1) is 9.43. The Morgan fingerprint density at radius 3 is 2.33 bits per heavy atom. The molecule has 1 aromatic carbocycles. The van der Waals surface area contributed by atoms with Crippen LogP contribution in [0.3, 0.4) is 0 Å². The highest BCUT2D eigenvalue weighted by Crippen LogP contribution is 2.40. The number of benzene rings is 1. The molecule has 21 heavy (non-hydrogen) atoms. The van der Waals surface area contributed by atoms with Gasteiger partial charge in [-0.1, -0.05) is 25.3 Å². The van der Waals surface area contributed by atoms with E-state index in [1.807, 2.05) is 0 Å². The molecule has 0 saturated heterocycles. The molecule has 0 radical (unpaired) electrons. The largest absolute Gasteiger partial charge is 0.497 e. The molecule has 2 N–H and O–H groups in total. The number of alkyl halides is 3. The van der Waals surface area contributed by atoms with Crippen LogP contribution in [0.1, 0.15) is 49.3 Å². The first kappa shape index (κ1) is 18.1. The fourth-order valence-corrected chi connectivity index (χ4v) is 2.95. The second kappa shape index (κ2) is 7.36. The molecule has 0 heterocycles. The molecule has 1 aromatic rings. The molecule has 0 amide bonds. The van der Waals surface area contributed by atoms with Crippen molar-refractivity contribution in [1.82, 2.24) is 0 Å². The maximum absolute atomic E-state index is 13.2. The molecule has 2 nitrogen and oxygen atoms in total. The molecule has 1 fully saturated rings. The van der Waals surface area contributed by atoms with Gasteiger partial charge < -0.3 is 10.5 Å². The highest BCUT2D eigenvalue weighted by atomic mass is 35.5. The van der Waals surface area contributed by atoms with Gasteiger partial charge in [0.1, 0.15) is 5.75 Å². The van der Waals surface area contributed by atoms with Crippen molar-refractivity contribution in [3.63, 3.8) is 0 Å². The predicted molar refractivity (Wildman–Crippen MR) is 78.7 cm³/mol. The van der Waals surface area contributed by atoms with Crippen molar-refractivity contribution in [3.8, 4) is 5.75 Å². The molecule has 1 saturated carbocycles. The van der Waals surface area contributed by atoms with Crippen molar-refractivity contribution >= 4 is 12.4 Å². The van der Waals surface area contributed by atoms with E-state index in [4.69, 9.17) is 10.5 Å².